The zero-order chi connectivity index (χ0) is 7.56. The molecule has 0 atom stereocenters. The van der Waals surface area contributed by atoms with E-state index in [0.29, 0.717) is 0 Å². The molecule has 0 bridgehead atoms. The summed E-state index contributed by atoms with van der Waals surface area (Å²) in [6, 6.07) is 1.87. The minimum atomic E-state index is 0.958. The second-order valence-electron chi connectivity index (χ2n) is 2.26. The maximum atomic E-state index is 4.26. The van der Waals surface area contributed by atoms with Gasteiger partial charge in [-0.05, 0) is 6.07 Å². The molecule has 2 nitrogen and oxygen atoms in total. The van der Waals surface area contributed by atoms with Gasteiger partial charge in [0.05, 0.1) is 11.9 Å². The smallest absolute Gasteiger partial charge is 0.0683 e. The highest BCUT2D eigenvalue weighted by molar-refractivity contribution is 7.80. The van der Waals surface area contributed by atoms with Gasteiger partial charge in [-0.2, -0.15) is 0 Å². The Morgan fingerprint density at radius 1 is 1.50 bits per heavy atom. The molecule has 0 saturated heterocycles. The first kappa shape index (κ1) is 7.41. The van der Waals surface area contributed by atoms with Crippen LogP contribution in [-0.4, -0.2) is 19.1 Å². The van der Waals surface area contributed by atoms with Crippen LogP contribution in [0.4, 0.5) is 5.69 Å². The fourth-order valence-corrected chi connectivity index (χ4v) is 1.05. The Kier molecular flexibility index (Phi) is 2.17. The number of nitrogens with zero attached hydrogens (tertiary/aromatic N) is 2. The lowest BCUT2D eigenvalue weighted by molar-refractivity contribution is 1.07. The summed E-state index contributed by atoms with van der Waals surface area (Å²) >= 11 is 4.26. The highest BCUT2D eigenvalue weighted by Gasteiger charge is 1.97. The maximum absolute atomic E-state index is 4.26. The van der Waals surface area contributed by atoms with E-state index in [-0.39, 0.29) is 0 Å². The first-order chi connectivity index (χ1) is 4.72. The van der Waals surface area contributed by atoms with Gasteiger partial charge in [-0.1, -0.05) is 0 Å². The normalized spacial score (nSPS) is 9.50. The minimum Gasteiger partial charge on any atom is -0.376 e. The fourth-order valence-electron chi connectivity index (χ4n) is 0.723. The van der Waals surface area contributed by atoms with Gasteiger partial charge in [0.15, 0.2) is 0 Å². The van der Waals surface area contributed by atoms with E-state index in [1.807, 2.05) is 25.1 Å². The third-order valence-electron chi connectivity index (χ3n) is 1.26. The minimum absolute atomic E-state index is 0.958. The van der Waals surface area contributed by atoms with Crippen molar-refractivity contribution in [3.63, 3.8) is 0 Å². The van der Waals surface area contributed by atoms with Crippen molar-refractivity contribution in [1.29, 1.82) is 0 Å². The first-order valence-electron chi connectivity index (χ1n) is 3.02. The Morgan fingerprint density at radius 2 is 2.20 bits per heavy atom. The predicted octanol–water partition coefficient (Wildman–Crippen LogP) is 1.44. The topological polar surface area (TPSA) is 16.1 Å². The van der Waals surface area contributed by atoms with Crippen molar-refractivity contribution in [2.45, 2.75) is 4.90 Å². The summed E-state index contributed by atoms with van der Waals surface area (Å²) in [5.74, 6) is 0. The second kappa shape index (κ2) is 2.92. The van der Waals surface area contributed by atoms with Crippen LogP contribution in [0.25, 0.3) is 0 Å². The number of hydrogen-bond donors (Lipinski definition) is 1. The van der Waals surface area contributed by atoms with Gasteiger partial charge in [-0.25, -0.2) is 0 Å². The number of rotatable bonds is 1. The van der Waals surface area contributed by atoms with Crippen LogP contribution in [-0.2, 0) is 0 Å². The molecule has 10 heavy (non-hydrogen) atoms. The average Bonchev–Trinajstić information content (AvgIpc) is 1.88. The van der Waals surface area contributed by atoms with Crippen molar-refractivity contribution in [2.24, 2.45) is 0 Å². The Morgan fingerprint density at radius 3 is 2.60 bits per heavy atom. The quantitative estimate of drug-likeness (QED) is 0.616. The van der Waals surface area contributed by atoms with E-state index in [9.17, 15) is 0 Å². The molecule has 0 fully saturated rings. The van der Waals surface area contributed by atoms with Crippen molar-refractivity contribution in [2.75, 3.05) is 19.0 Å². The maximum Gasteiger partial charge on any atom is 0.0683 e. The molecule has 1 aromatic heterocycles. The van der Waals surface area contributed by atoms with Gasteiger partial charge in [0.1, 0.15) is 0 Å². The predicted molar refractivity (Wildman–Crippen MR) is 45.8 cm³/mol. The summed E-state index contributed by atoms with van der Waals surface area (Å²) in [5, 5.41) is 0. The third-order valence-corrected chi connectivity index (χ3v) is 1.64. The van der Waals surface area contributed by atoms with Crippen LogP contribution in [0, 0.1) is 0 Å². The summed E-state index contributed by atoms with van der Waals surface area (Å²) in [6.07, 6.45) is 3.53. The van der Waals surface area contributed by atoms with Crippen molar-refractivity contribution >= 4 is 18.3 Å². The van der Waals surface area contributed by atoms with Gasteiger partial charge in [-0.3, -0.25) is 4.98 Å². The number of anilines is 1. The summed E-state index contributed by atoms with van der Waals surface area (Å²) in [7, 11) is 3.94. The Bertz CT molecular complexity index is 223. The second-order valence-corrected chi connectivity index (χ2v) is 2.74. The lowest BCUT2D eigenvalue weighted by atomic mass is 10.4. The molecule has 0 radical (unpaired) electrons. The first-order valence-corrected chi connectivity index (χ1v) is 3.47. The largest absolute Gasteiger partial charge is 0.376 e. The molecule has 1 rings (SSSR count). The van der Waals surface area contributed by atoms with Gasteiger partial charge in [0.2, 0.25) is 0 Å². The van der Waals surface area contributed by atoms with Crippen LogP contribution in [0.2, 0.25) is 0 Å². The highest BCUT2D eigenvalue weighted by Crippen LogP contribution is 2.19. The lowest BCUT2D eigenvalue weighted by Gasteiger charge is -2.12. The SMILES string of the molecule is CN(C)c1cnccc1S. The van der Waals surface area contributed by atoms with E-state index in [1.165, 1.54) is 0 Å². The van der Waals surface area contributed by atoms with Crippen molar-refractivity contribution in [3.8, 4) is 0 Å². The third kappa shape index (κ3) is 1.42. The molecule has 0 aliphatic carbocycles. The fraction of sp³-hybridized carbons (Fsp3) is 0.286. The Hall–Kier alpha value is -0.700. The zero-order valence-corrected chi connectivity index (χ0v) is 6.97. The van der Waals surface area contributed by atoms with Crippen LogP contribution in [0.5, 0.6) is 0 Å². The van der Waals surface area contributed by atoms with Crippen molar-refractivity contribution in [3.05, 3.63) is 18.5 Å². The van der Waals surface area contributed by atoms with Crippen LogP contribution in [0.1, 0.15) is 0 Å². The van der Waals surface area contributed by atoms with Gasteiger partial charge in [0.25, 0.3) is 0 Å². The van der Waals surface area contributed by atoms with E-state index in [2.05, 4.69) is 17.6 Å². The number of pyridine rings is 1. The molecular formula is C7H10N2S. The summed E-state index contributed by atoms with van der Waals surface area (Å²) in [4.78, 5) is 6.92. The molecule has 1 heterocycles. The summed E-state index contributed by atoms with van der Waals surface area (Å²) in [6.45, 7) is 0. The van der Waals surface area contributed by atoms with Crippen LogP contribution in [0.3, 0.4) is 0 Å². The van der Waals surface area contributed by atoms with Gasteiger partial charge in [-0.15, -0.1) is 12.6 Å². The number of hydrogen-bond acceptors (Lipinski definition) is 3. The van der Waals surface area contributed by atoms with Crippen LogP contribution < -0.4 is 4.90 Å². The van der Waals surface area contributed by atoms with Crippen LogP contribution in [0.15, 0.2) is 23.4 Å². The Balaban J connectivity index is 3.03. The standard InChI is InChI=1S/C7H10N2S/c1-9(2)6-5-8-4-3-7(6)10/h3-5H,1-2H3,(H,8,10). The van der Waals surface area contributed by atoms with Gasteiger partial charge in [0, 0.05) is 25.2 Å². The molecule has 0 N–H and O–H groups in total. The van der Waals surface area contributed by atoms with E-state index in [4.69, 9.17) is 0 Å². The molecule has 0 amide bonds. The molecule has 0 unspecified atom stereocenters. The van der Waals surface area contributed by atoms with Gasteiger partial charge < -0.3 is 4.90 Å². The number of aromatic nitrogens is 1. The van der Waals surface area contributed by atoms with Crippen molar-refractivity contribution < 1.29 is 0 Å². The van der Waals surface area contributed by atoms with Crippen molar-refractivity contribution in [1.82, 2.24) is 4.98 Å². The highest BCUT2D eigenvalue weighted by atomic mass is 32.1. The summed E-state index contributed by atoms with van der Waals surface area (Å²) < 4.78 is 0. The summed E-state index contributed by atoms with van der Waals surface area (Å²) in [5.41, 5.74) is 1.05. The number of thiol groups is 1. The average molecular weight is 154 g/mol. The zero-order valence-electron chi connectivity index (χ0n) is 6.07. The monoisotopic (exact) mass is 154 g/mol. The van der Waals surface area contributed by atoms with Crippen LogP contribution >= 0.6 is 12.6 Å². The molecule has 0 aromatic carbocycles. The molecular weight excluding hydrogens is 144 g/mol. The molecule has 54 valence electrons. The lowest BCUT2D eigenvalue weighted by Crippen LogP contribution is -2.09. The molecule has 1 aromatic rings. The van der Waals surface area contributed by atoms with Gasteiger partial charge >= 0.3 is 0 Å². The Labute approximate surface area is 66.3 Å². The molecule has 0 aliphatic heterocycles. The molecule has 3 heteroatoms. The molecule has 0 spiro atoms. The van der Waals surface area contributed by atoms with E-state index in [1.54, 1.807) is 12.4 Å². The van der Waals surface area contributed by atoms with E-state index >= 15 is 0 Å². The molecule has 0 saturated carbocycles. The molecule has 0 aliphatic rings. The van der Waals surface area contributed by atoms with E-state index < -0.39 is 0 Å². The van der Waals surface area contributed by atoms with E-state index in [0.717, 1.165) is 10.6 Å².